The Balaban J connectivity index is 2.75. The molecule has 0 aromatic heterocycles. The van der Waals surface area contributed by atoms with Gasteiger partial charge in [0.15, 0.2) is 0 Å². The van der Waals surface area contributed by atoms with E-state index in [4.69, 9.17) is 10.5 Å². The Morgan fingerprint density at radius 2 is 2.00 bits per heavy atom. The monoisotopic (exact) mass is 236 g/mol. The van der Waals surface area contributed by atoms with E-state index in [9.17, 15) is 4.79 Å². The number of rotatable bonds is 5. The van der Waals surface area contributed by atoms with Crippen LogP contribution in [0.4, 0.5) is 0 Å². The van der Waals surface area contributed by atoms with Crippen LogP contribution >= 0.6 is 0 Å². The van der Waals surface area contributed by atoms with Crippen molar-refractivity contribution in [3.63, 3.8) is 0 Å². The number of carbonyl (C=O) groups is 1. The smallest absolute Gasteiger partial charge is 0.237 e. The SMILES string of the molecule is CCC(NC(=O)[C@H](C)N)c1ccc(OC)cc1. The summed E-state index contributed by atoms with van der Waals surface area (Å²) >= 11 is 0. The molecule has 0 aliphatic rings. The van der Waals surface area contributed by atoms with E-state index in [0.717, 1.165) is 17.7 Å². The van der Waals surface area contributed by atoms with E-state index in [1.807, 2.05) is 31.2 Å². The van der Waals surface area contributed by atoms with Gasteiger partial charge in [0.2, 0.25) is 5.91 Å². The number of nitrogens with one attached hydrogen (secondary N) is 1. The first-order chi connectivity index (χ1) is 8.08. The quantitative estimate of drug-likeness (QED) is 0.816. The highest BCUT2D eigenvalue weighted by Gasteiger charge is 2.14. The van der Waals surface area contributed by atoms with E-state index in [1.54, 1.807) is 14.0 Å². The second-order valence-corrected chi connectivity index (χ2v) is 4.03. The molecule has 0 aliphatic carbocycles. The third-order valence-corrected chi connectivity index (χ3v) is 2.66. The molecule has 0 saturated heterocycles. The summed E-state index contributed by atoms with van der Waals surface area (Å²) in [5, 5.41) is 2.92. The first-order valence-corrected chi connectivity index (χ1v) is 5.78. The Labute approximate surface area is 102 Å². The van der Waals surface area contributed by atoms with Gasteiger partial charge in [-0.05, 0) is 31.0 Å². The number of benzene rings is 1. The van der Waals surface area contributed by atoms with Gasteiger partial charge in [-0.15, -0.1) is 0 Å². The fourth-order valence-electron chi connectivity index (χ4n) is 1.56. The zero-order chi connectivity index (χ0) is 12.8. The molecule has 3 N–H and O–H groups in total. The molecule has 0 spiro atoms. The maximum absolute atomic E-state index is 11.5. The fraction of sp³-hybridized carbons (Fsp3) is 0.462. The Morgan fingerprint density at radius 3 is 2.41 bits per heavy atom. The molecule has 17 heavy (non-hydrogen) atoms. The zero-order valence-electron chi connectivity index (χ0n) is 10.6. The van der Waals surface area contributed by atoms with Crippen molar-refractivity contribution in [2.75, 3.05) is 7.11 Å². The lowest BCUT2D eigenvalue weighted by molar-refractivity contribution is -0.122. The molecular formula is C13H20N2O2. The molecule has 4 heteroatoms. The van der Waals surface area contributed by atoms with Crippen LogP contribution < -0.4 is 15.8 Å². The van der Waals surface area contributed by atoms with Crippen LogP contribution in [0.2, 0.25) is 0 Å². The van der Waals surface area contributed by atoms with Crippen LogP contribution in [0.1, 0.15) is 31.9 Å². The van der Waals surface area contributed by atoms with Crippen LogP contribution in [0.25, 0.3) is 0 Å². The molecule has 1 unspecified atom stereocenters. The third-order valence-electron chi connectivity index (χ3n) is 2.66. The van der Waals surface area contributed by atoms with Crippen molar-refractivity contribution in [1.29, 1.82) is 0 Å². The van der Waals surface area contributed by atoms with Crippen LogP contribution in [-0.4, -0.2) is 19.1 Å². The average molecular weight is 236 g/mol. The molecule has 4 nitrogen and oxygen atoms in total. The summed E-state index contributed by atoms with van der Waals surface area (Å²) in [4.78, 5) is 11.5. The van der Waals surface area contributed by atoms with Crippen molar-refractivity contribution in [2.24, 2.45) is 5.73 Å². The normalized spacial score (nSPS) is 13.9. The molecule has 1 amide bonds. The van der Waals surface area contributed by atoms with Gasteiger partial charge in [0.1, 0.15) is 5.75 Å². The Morgan fingerprint density at radius 1 is 1.41 bits per heavy atom. The van der Waals surface area contributed by atoms with Crippen LogP contribution in [0.5, 0.6) is 5.75 Å². The number of carbonyl (C=O) groups excluding carboxylic acids is 1. The van der Waals surface area contributed by atoms with Gasteiger partial charge in [0.05, 0.1) is 19.2 Å². The van der Waals surface area contributed by atoms with E-state index >= 15 is 0 Å². The third kappa shape index (κ3) is 3.75. The average Bonchev–Trinajstić information content (AvgIpc) is 2.35. The van der Waals surface area contributed by atoms with Crippen LogP contribution in [-0.2, 0) is 4.79 Å². The number of amides is 1. The first-order valence-electron chi connectivity index (χ1n) is 5.78. The summed E-state index contributed by atoms with van der Waals surface area (Å²) in [6.45, 7) is 3.70. The van der Waals surface area contributed by atoms with Gasteiger partial charge >= 0.3 is 0 Å². The molecule has 0 bridgehead atoms. The highest BCUT2D eigenvalue weighted by atomic mass is 16.5. The van der Waals surface area contributed by atoms with Gasteiger partial charge < -0.3 is 15.8 Å². The molecule has 94 valence electrons. The van der Waals surface area contributed by atoms with Crippen LogP contribution in [0.3, 0.4) is 0 Å². The number of nitrogens with two attached hydrogens (primary N) is 1. The van der Waals surface area contributed by atoms with Gasteiger partial charge in [-0.25, -0.2) is 0 Å². The van der Waals surface area contributed by atoms with E-state index in [0.29, 0.717) is 0 Å². The van der Waals surface area contributed by atoms with Gasteiger partial charge in [-0.3, -0.25) is 4.79 Å². The Hall–Kier alpha value is -1.55. The molecule has 1 aromatic carbocycles. The minimum Gasteiger partial charge on any atom is -0.497 e. The number of ether oxygens (including phenoxy) is 1. The minimum atomic E-state index is -0.484. The molecule has 0 fully saturated rings. The largest absolute Gasteiger partial charge is 0.497 e. The molecule has 0 heterocycles. The maximum Gasteiger partial charge on any atom is 0.237 e. The Kier molecular flexibility index (Phi) is 4.97. The summed E-state index contributed by atoms with van der Waals surface area (Å²) < 4.78 is 5.09. The summed E-state index contributed by atoms with van der Waals surface area (Å²) in [6.07, 6.45) is 0.824. The van der Waals surface area contributed by atoms with Crippen LogP contribution in [0.15, 0.2) is 24.3 Å². The lowest BCUT2D eigenvalue weighted by Crippen LogP contribution is -2.40. The van der Waals surface area contributed by atoms with Gasteiger partial charge in [-0.2, -0.15) is 0 Å². The standard InChI is InChI=1S/C13H20N2O2/c1-4-12(15-13(16)9(2)14)10-5-7-11(17-3)8-6-10/h5-9,12H,4,14H2,1-3H3,(H,15,16)/t9-,12?/m0/s1. The lowest BCUT2D eigenvalue weighted by Gasteiger charge is -2.19. The Bertz CT molecular complexity index is 360. The summed E-state index contributed by atoms with van der Waals surface area (Å²) in [5.41, 5.74) is 6.59. The molecule has 0 saturated carbocycles. The molecule has 1 aromatic rings. The highest BCUT2D eigenvalue weighted by Crippen LogP contribution is 2.19. The molecule has 2 atom stereocenters. The molecular weight excluding hydrogens is 216 g/mol. The summed E-state index contributed by atoms with van der Waals surface area (Å²) in [7, 11) is 1.63. The van der Waals surface area contributed by atoms with E-state index < -0.39 is 6.04 Å². The van der Waals surface area contributed by atoms with Crippen molar-refractivity contribution in [3.8, 4) is 5.75 Å². The second kappa shape index (κ2) is 6.25. The minimum absolute atomic E-state index is 0.000550. The number of hydrogen-bond acceptors (Lipinski definition) is 3. The summed E-state index contributed by atoms with van der Waals surface area (Å²) in [6, 6.07) is 7.19. The topological polar surface area (TPSA) is 64.4 Å². The van der Waals surface area contributed by atoms with Gasteiger partial charge in [-0.1, -0.05) is 19.1 Å². The van der Waals surface area contributed by atoms with E-state index in [2.05, 4.69) is 5.32 Å². The van der Waals surface area contributed by atoms with Gasteiger partial charge in [0.25, 0.3) is 0 Å². The summed E-state index contributed by atoms with van der Waals surface area (Å²) in [5.74, 6) is 0.676. The second-order valence-electron chi connectivity index (χ2n) is 4.03. The maximum atomic E-state index is 11.5. The van der Waals surface area contributed by atoms with Crippen LogP contribution in [0, 0.1) is 0 Å². The molecule has 0 radical (unpaired) electrons. The van der Waals surface area contributed by atoms with Gasteiger partial charge in [0, 0.05) is 0 Å². The highest BCUT2D eigenvalue weighted by molar-refractivity contribution is 5.81. The first kappa shape index (κ1) is 13.5. The fourth-order valence-corrected chi connectivity index (χ4v) is 1.56. The van der Waals surface area contributed by atoms with Crippen molar-refractivity contribution >= 4 is 5.91 Å². The van der Waals surface area contributed by atoms with Crippen molar-refractivity contribution in [2.45, 2.75) is 32.4 Å². The predicted molar refractivity (Wildman–Crippen MR) is 67.8 cm³/mol. The number of hydrogen-bond donors (Lipinski definition) is 2. The van der Waals surface area contributed by atoms with Crippen molar-refractivity contribution < 1.29 is 9.53 Å². The predicted octanol–water partition coefficient (Wildman–Crippen LogP) is 1.61. The van der Waals surface area contributed by atoms with E-state index in [-0.39, 0.29) is 11.9 Å². The van der Waals surface area contributed by atoms with Crippen molar-refractivity contribution in [3.05, 3.63) is 29.8 Å². The molecule has 0 aliphatic heterocycles. The number of methoxy groups -OCH3 is 1. The molecule has 1 rings (SSSR count). The lowest BCUT2D eigenvalue weighted by atomic mass is 10.0. The van der Waals surface area contributed by atoms with Crippen molar-refractivity contribution in [1.82, 2.24) is 5.32 Å². The van der Waals surface area contributed by atoms with E-state index in [1.165, 1.54) is 0 Å². The zero-order valence-corrected chi connectivity index (χ0v) is 10.6.